The van der Waals surface area contributed by atoms with Crippen molar-refractivity contribution in [3.05, 3.63) is 0 Å². The molecule has 0 amide bonds. The zero-order valence-corrected chi connectivity index (χ0v) is 19.4. The van der Waals surface area contributed by atoms with Crippen LogP contribution in [0, 0.1) is 29.6 Å². The van der Waals surface area contributed by atoms with Crippen LogP contribution in [0.1, 0.15) is 148 Å². The lowest BCUT2D eigenvalue weighted by Gasteiger charge is -2.41. The van der Waals surface area contributed by atoms with Gasteiger partial charge in [0.15, 0.2) is 0 Å². The average Bonchev–Trinajstić information content (AvgIpc) is 2.74. The lowest BCUT2D eigenvalue weighted by atomic mass is 9.64. The normalized spacial score (nSPS) is 33.5. The first-order valence-electron chi connectivity index (χ1n) is 13.9. The Balaban J connectivity index is 1.17. The van der Waals surface area contributed by atoms with E-state index < -0.39 is 0 Å². The summed E-state index contributed by atoms with van der Waals surface area (Å²) in [6.07, 6.45) is 33.7. The van der Waals surface area contributed by atoms with Gasteiger partial charge in [-0.3, -0.25) is 0 Å². The molecule has 3 aliphatic rings. The van der Waals surface area contributed by atoms with Gasteiger partial charge in [-0.1, -0.05) is 142 Å². The van der Waals surface area contributed by atoms with Crippen molar-refractivity contribution in [3.63, 3.8) is 0 Å². The van der Waals surface area contributed by atoms with Crippen molar-refractivity contribution in [2.24, 2.45) is 29.6 Å². The molecule has 0 bridgehead atoms. The van der Waals surface area contributed by atoms with Crippen LogP contribution in [0.5, 0.6) is 0 Å². The molecule has 0 aromatic heterocycles. The highest BCUT2D eigenvalue weighted by atomic mass is 14.4. The Morgan fingerprint density at radius 2 is 0.964 bits per heavy atom. The molecular weight excluding hydrogens is 336 g/mol. The molecule has 0 nitrogen and oxygen atoms in total. The van der Waals surface area contributed by atoms with Gasteiger partial charge in [-0.15, -0.1) is 0 Å². The smallest absolute Gasteiger partial charge is 0.0357 e. The molecular formula is C28H52. The number of unbranched alkanes of at least 4 members (excludes halogenated alkanes) is 6. The van der Waals surface area contributed by atoms with E-state index in [2.05, 4.69) is 6.92 Å². The Hall–Kier alpha value is 0. The molecule has 0 aromatic carbocycles. The van der Waals surface area contributed by atoms with Crippen LogP contribution in [-0.2, 0) is 0 Å². The molecule has 3 aliphatic carbocycles. The van der Waals surface area contributed by atoms with Crippen LogP contribution in [0.4, 0.5) is 0 Å². The number of fused-ring (bicyclic) bond motifs is 1. The van der Waals surface area contributed by atoms with Crippen LogP contribution >= 0.6 is 0 Å². The molecule has 0 radical (unpaired) electrons. The molecule has 3 rings (SSSR count). The zero-order valence-electron chi connectivity index (χ0n) is 19.4. The quantitative estimate of drug-likeness (QED) is 0.292. The van der Waals surface area contributed by atoms with Crippen molar-refractivity contribution in [2.75, 3.05) is 0 Å². The molecule has 5 atom stereocenters. The summed E-state index contributed by atoms with van der Waals surface area (Å²) >= 11 is 0. The number of hydrogen-bond donors (Lipinski definition) is 0. The van der Waals surface area contributed by atoms with Crippen molar-refractivity contribution in [1.82, 2.24) is 0 Å². The third-order valence-electron chi connectivity index (χ3n) is 9.10. The van der Waals surface area contributed by atoms with Gasteiger partial charge < -0.3 is 0 Å². The van der Waals surface area contributed by atoms with Crippen molar-refractivity contribution in [2.45, 2.75) is 148 Å². The van der Waals surface area contributed by atoms with Crippen LogP contribution in [0.25, 0.3) is 0 Å². The van der Waals surface area contributed by atoms with Crippen LogP contribution < -0.4 is 0 Å². The van der Waals surface area contributed by atoms with E-state index >= 15 is 0 Å². The molecule has 3 fully saturated rings. The Morgan fingerprint density at radius 3 is 1.68 bits per heavy atom. The molecule has 0 N–H and O–H groups in total. The first-order valence-corrected chi connectivity index (χ1v) is 13.9. The summed E-state index contributed by atoms with van der Waals surface area (Å²) < 4.78 is 0. The Bertz CT molecular complexity index is 381. The maximum Gasteiger partial charge on any atom is -0.0357 e. The lowest BCUT2D eigenvalue weighted by molar-refractivity contribution is 0.0961. The second-order valence-corrected chi connectivity index (χ2v) is 11.0. The van der Waals surface area contributed by atoms with Crippen molar-refractivity contribution in [3.8, 4) is 0 Å². The summed E-state index contributed by atoms with van der Waals surface area (Å²) in [7, 11) is 0. The first kappa shape index (κ1) is 22.7. The molecule has 0 heterocycles. The molecule has 0 aromatic rings. The standard InChI is InChI=1S/C28H52/c1-2-15-24-17-10-11-18-25(24)16-8-6-4-3-5-7-9-19-26-21-14-22-27-20-12-13-23-28(26)27/h24-28H,2-23H2,1H3. The van der Waals surface area contributed by atoms with E-state index in [1.165, 1.54) is 83.5 Å². The lowest BCUT2D eigenvalue weighted by Crippen LogP contribution is -2.30. The predicted octanol–water partition coefficient (Wildman–Crippen LogP) is 9.71. The Kier molecular flexibility index (Phi) is 10.8. The largest absolute Gasteiger partial charge is 0.0654 e. The Morgan fingerprint density at radius 1 is 0.464 bits per heavy atom. The average molecular weight is 389 g/mol. The topological polar surface area (TPSA) is 0 Å². The zero-order chi connectivity index (χ0) is 19.4. The number of hydrogen-bond acceptors (Lipinski definition) is 0. The minimum absolute atomic E-state index is 1.09. The van der Waals surface area contributed by atoms with E-state index in [-0.39, 0.29) is 0 Å². The maximum atomic E-state index is 2.38. The first-order chi connectivity index (χ1) is 13.9. The SMILES string of the molecule is CCCC1CCCCC1CCCCCCCCCC1CCCC2CCCCC12. The highest BCUT2D eigenvalue weighted by molar-refractivity contribution is 4.85. The minimum atomic E-state index is 1.09. The van der Waals surface area contributed by atoms with Gasteiger partial charge >= 0.3 is 0 Å². The van der Waals surface area contributed by atoms with Gasteiger partial charge in [0.25, 0.3) is 0 Å². The van der Waals surface area contributed by atoms with Gasteiger partial charge in [0.2, 0.25) is 0 Å². The van der Waals surface area contributed by atoms with Crippen LogP contribution in [0.15, 0.2) is 0 Å². The van der Waals surface area contributed by atoms with E-state index in [4.69, 9.17) is 0 Å². The second kappa shape index (κ2) is 13.3. The fourth-order valence-corrected chi connectivity index (χ4v) is 7.54. The molecule has 0 spiro atoms. The predicted molar refractivity (Wildman–Crippen MR) is 125 cm³/mol. The summed E-state index contributed by atoms with van der Waals surface area (Å²) in [5, 5.41) is 0. The fourth-order valence-electron chi connectivity index (χ4n) is 7.54. The molecule has 3 saturated carbocycles. The van der Waals surface area contributed by atoms with E-state index in [9.17, 15) is 0 Å². The van der Waals surface area contributed by atoms with Crippen molar-refractivity contribution >= 4 is 0 Å². The summed E-state index contributed by atoms with van der Waals surface area (Å²) in [4.78, 5) is 0. The molecule has 0 aliphatic heterocycles. The van der Waals surface area contributed by atoms with E-state index in [0.717, 1.165) is 29.6 Å². The van der Waals surface area contributed by atoms with Crippen molar-refractivity contribution < 1.29 is 0 Å². The summed E-state index contributed by atoms with van der Waals surface area (Å²) in [6.45, 7) is 2.38. The van der Waals surface area contributed by atoms with E-state index in [1.807, 2.05) is 0 Å². The van der Waals surface area contributed by atoms with Crippen LogP contribution in [-0.4, -0.2) is 0 Å². The van der Waals surface area contributed by atoms with Gasteiger partial charge in [0.1, 0.15) is 0 Å². The third kappa shape index (κ3) is 7.36. The summed E-state index contributed by atoms with van der Waals surface area (Å²) in [5.41, 5.74) is 0. The molecule has 0 saturated heterocycles. The van der Waals surface area contributed by atoms with Gasteiger partial charge in [-0.05, 0) is 36.0 Å². The number of rotatable bonds is 12. The third-order valence-corrected chi connectivity index (χ3v) is 9.10. The summed E-state index contributed by atoms with van der Waals surface area (Å²) in [5.74, 6) is 5.56. The highest BCUT2D eigenvalue weighted by Crippen LogP contribution is 2.45. The Labute approximate surface area is 178 Å². The monoisotopic (exact) mass is 388 g/mol. The van der Waals surface area contributed by atoms with Crippen LogP contribution in [0.2, 0.25) is 0 Å². The van der Waals surface area contributed by atoms with E-state index in [0.29, 0.717) is 0 Å². The van der Waals surface area contributed by atoms with Crippen LogP contribution in [0.3, 0.4) is 0 Å². The molecule has 28 heavy (non-hydrogen) atoms. The van der Waals surface area contributed by atoms with E-state index in [1.54, 1.807) is 57.8 Å². The highest BCUT2D eigenvalue weighted by Gasteiger charge is 2.34. The molecule has 5 unspecified atom stereocenters. The molecule has 164 valence electrons. The van der Waals surface area contributed by atoms with Gasteiger partial charge in [0, 0.05) is 0 Å². The van der Waals surface area contributed by atoms with Crippen molar-refractivity contribution in [1.29, 1.82) is 0 Å². The van der Waals surface area contributed by atoms with Gasteiger partial charge in [-0.25, -0.2) is 0 Å². The molecule has 0 heteroatoms. The second-order valence-electron chi connectivity index (χ2n) is 11.0. The maximum absolute atomic E-state index is 2.38. The fraction of sp³-hybridized carbons (Fsp3) is 1.00. The van der Waals surface area contributed by atoms with Gasteiger partial charge in [-0.2, -0.15) is 0 Å². The summed E-state index contributed by atoms with van der Waals surface area (Å²) in [6, 6.07) is 0. The minimum Gasteiger partial charge on any atom is -0.0654 e. The van der Waals surface area contributed by atoms with Gasteiger partial charge in [0.05, 0.1) is 0 Å².